The van der Waals surface area contributed by atoms with Crippen molar-refractivity contribution in [3.05, 3.63) is 0 Å². The van der Waals surface area contributed by atoms with E-state index in [0.29, 0.717) is 5.54 Å². The molecule has 1 aliphatic carbocycles. The first kappa shape index (κ1) is 12.0. The van der Waals surface area contributed by atoms with Gasteiger partial charge >= 0.3 is 0 Å². The first-order chi connectivity index (χ1) is 6.71. The second kappa shape index (κ2) is 5.13. The van der Waals surface area contributed by atoms with Crippen LogP contribution in [0.25, 0.3) is 0 Å². The first-order valence-corrected chi connectivity index (χ1v) is 6.16. The lowest BCUT2D eigenvalue weighted by molar-refractivity contribution is 0.0691. The monoisotopic (exact) mass is 198 g/mol. The van der Waals surface area contributed by atoms with Crippen molar-refractivity contribution < 1.29 is 0 Å². The highest BCUT2D eigenvalue weighted by molar-refractivity contribution is 4.99. The van der Waals surface area contributed by atoms with Crippen molar-refractivity contribution in [2.45, 2.75) is 52.0 Å². The average Bonchev–Trinajstić information content (AvgIpc) is 2.57. The zero-order valence-corrected chi connectivity index (χ0v) is 10.1. The fourth-order valence-corrected chi connectivity index (χ4v) is 3.10. The summed E-state index contributed by atoms with van der Waals surface area (Å²) in [6.45, 7) is 10.1. The largest absolute Gasteiger partial charge is 0.329 e. The Bertz CT molecular complexity index is 170. The highest BCUT2D eigenvalue weighted by Crippen LogP contribution is 2.39. The lowest BCUT2D eigenvalue weighted by Crippen LogP contribution is -2.55. The van der Waals surface area contributed by atoms with Crippen molar-refractivity contribution in [2.75, 3.05) is 19.6 Å². The molecule has 0 aliphatic heterocycles. The second-order valence-electron chi connectivity index (χ2n) is 4.68. The third-order valence-corrected chi connectivity index (χ3v) is 4.02. The summed E-state index contributed by atoms with van der Waals surface area (Å²) in [6, 6.07) is 0. The summed E-state index contributed by atoms with van der Waals surface area (Å²) in [4.78, 5) is 2.62. The van der Waals surface area contributed by atoms with Gasteiger partial charge in [-0.2, -0.15) is 0 Å². The maximum Gasteiger partial charge on any atom is 0.0357 e. The highest BCUT2D eigenvalue weighted by Gasteiger charge is 2.42. The summed E-state index contributed by atoms with van der Waals surface area (Å²) >= 11 is 0. The topological polar surface area (TPSA) is 29.3 Å². The molecule has 2 N–H and O–H groups in total. The quantitative estimate of drug-likeness (QED) is 0.734. The molecular weight excluding hydrogens is 172 g/mol. The zero-order chi connectivity index (χ0) is 10.6. The molecule has 0 saturated heterocycles. The van der Waals surface area contributed by atoms with E-state index in [-0.39, 0.29) is 0 Å². The van der Waals surface area contributed by atoms with Crippen LogP contribution in [0.15, 0.2) is 0 Å². The van der Waals surface area contributed by atoms with Crippen LogP contribution in [0.4, 0.5) is 0 Å². The van der Waals surface area contributed by atoms with E-state index in [4.69, 9.17) is 5.73 Å². The van der Waals surface area contributed by atoms with Gasteiger partial charge in [-0.15, -0.1) is 0 Å². The molecule has 1 fully saturated rings. The van der Waals surface area contributed by atoms with E-state index in [1.54, 1.807) is 0 Å². The van der Waals surface area contributed by atoms with E-state index in [9.17, 15) is 0 Å². The summed E-state index contributed by atoms with van der Waals surface area (Å²) in [5.74, 6) is 0.777. The molecule has 2 heteroatoms. The van der Waals surface area contributed by atoms with Gasteiger partial charge in [0.15, 0.2) is 0 Å². The molecule has 0 radical (unpaired) electrons. The average molecular weight is 198 g/mol. The number of nitrogens with zero attached hydrogens (tertiary/aromatic N) is 1. The van der Waals surface area contributed by atoms with Gasteiger partial charge in [-0.25, -0.2) is 0 Å². The fraction of sp³-hybridized carbons (Fsp3) is 1.00. The third-order valence-electron chi connectivity index (χ3n) is 4.02. The number of hydrogen-bond acceptors (Lipinski definition) is 2. The predicted molar refractivity (Wildman–Crippen MR) is 62.3 cm³/mol. The van der Waals surface area contributed by atoms with E-state index < -0.39 is 0 Å². The highest BCUT2D eigenvalue weighted by atomic mass is 15.2. The summed E-state index contributed by atoms with van der Waals surface area (Å²) in [5.41, 5.74) is 6.35. The minimum absolute atomic E-state index is 0.324. The van der Waals surface area contributed by atoms with E-state index in [1.807, 2.05) is 0 Å². The standard InChI is InChI=1S/C12H26N2/c1-4-9-14(5-2)12(10-13)8-6-7-11(12)3/h11H,4-10,13H2,1-3H3. The minimum atomic E-state index is 0.324. The lowest BCUT2D eigenvalue weighted by Gasteiger charge is -2.43. The van der Waals surface area contributed by atoms with Crippen LogP contribution >= 0.6 is 0 Å². The Kier molecular flexibility index (Phi) is 4.39. The summed E-state index contributed by atoms with van der Waals surface area (Å²) in [5, 5.41) is 0. The van der Waals surface area contributed by atoms with Gasteiger partial charge in [0, 0.05) is 12.1 Å². The minimum Gasteiger partial charge on any atom is -0.329 e. The molecule has 0 spiro atoms. The first-order valence-electron chi connectivity index (χ1n) is 6.16. The van der Waals surface area contributed by atoms with Gasteiger partial charge in [-0.05, 0) is 38.3 Å². The Morgan fingerprint density at radius 1 is 1.43 bits per heavy atom. The van der Waals surface area contributed by atoms with Gasteiger partial charge in [0.1, 0.15) is 0 Å². The molecule has 0 bridgehead atoms. The molecule has 1 aliphatic rings. The van der Waals surface area contributed by atoms with Gasteiger partial charge in [0.2, 0.25) is 0 Å². The zero-order valence-electron chi connectivity index (χ0n) is 10.1. The number of nitrogens with two attached hydrogens (primary N) is 1. The molecule has 84 valence electrons. The van der Waals surface area contributed by atoms with Crippen LogP contribution < -0.4 is 5.73 Å². The molecule has 0 aromatic carbocycles. The summed E-state index contributed by atoms with van der Waals surface area (Å²) in [6.07, 6.45) is 5.26. The Morgan fingerprint density at radius 2 is 2.14 bits per heavy atom. The Hall–Kier alpha value is -0.0800. The van der Waals surface area contributed by atoms with Crippen LogP contribution in [0.3, 0.4) is 0 Å². The van der Waals surface area contributed by atoms with Crippen molar-refractivity contribution in [1.29, 1.82) is 0 Å². The SMILES string of the molecule is CCCN(CC)C1(CN)CCCC1C. The van der Waals surface area contributed by atoms with Crippen LogP contribution in [0.2, 0.25) is 0 Å². The normalized spacial score (nSPS) is 32.8. The number of likely N-dealkylation sites (N-methyl/N-ethyl adjacent to an activating group) is 1. The molecule has 14 heavy (non-hydrogen) atoms. The van der Waals surface area contributed by atoms with E-state index >= 15 is 0 Å². The molecule has 0 aromatic heterocycles. The van der Waals surface area contributed by atoms with E-state index in [1.165, 1.54) is 32.2 Å². The Balaban J connectivity index is 2.75. The van der Waals surface area contributed by atoms with Gasteiger partial charge in [-0.3, -0.25) is 4.90 Å². The van der Waals surface area contributed by atoms with Gasteiger partial charge in [0.05, 0.1) is 0 Å². The lowest BCUT2D eigenvalue weighted by atomic mass is 9.86. The second-order valence-corrected chi connectivity index (χ2v) is 4.68. The molecule has 0 amide bonds. The molecule has 1 rings (SSSR count). The van der Waals surface area contributed by atoms with Gasteiger partial charge < -0.3 is 5.73 Å². The number of rotatable bonds is 5. The maximum atomic E-state index is 6.02. The molecule has 2 unspecified atom stereocenters. The maximum absolute atomic E-state index is 6.02. The van der Waals surface area contributed by atoms with Crippen LogP contribution in [-0.4, -0.2) is 30.1 Å². The third kappa shape index (κ3) is 1.96. The van der Waals surface area contributed by atoms with Crippen LogP contribution in [0, 0.1) is 5.92 Å². The molecule has 0 aromatic rings. The fourth-order valence-electron chi connectivity index (χ4n) is 3.10. The van der Waals surface area contributed by atoms with Crippen molar-refractivity contribution >= 4 is 0 Å². The Labute approximate surface area is 88.8 Å². The number of hydrogen-bond donors (Lipinski definition) is 1. The Morgan fingerprint density at radius 3 is 2.50 bits per heavy atom. The van der Waals surface area contributed by atoms with Crippen molar-refractivity contribution in [3.8, 4) is 0 Å². The van der Waals surface area contributed by atoms with Crippen molar-refractivity contribution in [3.63, 3.8) is 0 Å². The molecule has 2 atom stereocenters. The molecule has 2 nitrogen and oxygen atoms in total. The van der Waals surface area contributed by atoms with Gasteiger partial charge in [-0.1, -0.05) is 27.2 Å². The van der Waals surface area contributed by atoms with Crippen molar-refractivity contribution in [2.24, 2.45) is 11.7 Å². The molecular formula is C12H26N2. The molecule has 0 heterocycles. The van der Waals surface area contributed by atoms with E-state index in [2.05, 4.69) is 25.7 Å². The smallest absolute Gasteiger partial charge is 0.0357 e. The predicted octanol–water partition coefficient (Wildman–Crippen LogP) is 2.24. The van der Waals surface area contributed by atoms with Crippen LogP contribution in [0.1, 0.15) is 46.5 Å². The van der Waals surface area contributed by atoms with E-state index in [0.717, 1.165) is 19.0 Å². The molecule has 1 saturated carbocycles. The van der Waals surface area contributed by atoms with Crippen LogP contribution in [-0.2, 0) is 0 Å². The summed E-state index contributed by atoms with van der Waals surface area (Å²) in [7, 11) is 0. The van der Waals surface area contributed by atoms with Crippen LogP contribution in [0.5, 0.6) is 0 Å². The van der Waals surface area contributed by atoms with Crippen molar-refractivity contribution in [1.82, 2.24) is 4.90 Å². The van der Waals surface area contributed by atoms with Gasteiger partial charge in [0.25, 0.3) is 0 Å². The summed E-state index contributed by atoms with van der Waals surface area (Å²) < 4.78 is 0.